The van der Waals surface area contributed by atoms with Crippen LogP contribution in [0, 0.1) is 11.3 Å². The van der Waals surface area contributed by atoms with Gasteiger partial charge >= 0.3 is 0 Å². The number of nitriles is 1. The van der Waals surface area contributed by atoms with Crippen LogP contribution in [0.25, 0.3) is 0 Å². The summed E-state index contributed by atoms with van der Waals surface area (Å²) >= 11 is 1.16. The fourth-order valence-corrected chi connectivity index (χ4v) is 3.72. The SMILES string of the molecule is N#CCOc1ccc(NC(=O)c2cccnc2SCC(=O)Nc2ccc3c(c2)OCO3)cc1. The van der Waals surface area contributed by atoms with Crippen molar-refractivity contribution < 1.29 is 23.8 Å². The van der Waals surface area contributed by atoms with E-state index in [1.165, 1.54) is 0 Å². The summed E-state index contributed by atoms with van der Waals surface area (Å²) in [6.45, 7) is 0.108. The van der Waals surface area contributed by atoms with E-state index in [2.05, 4.69) is 15.6 Å². The summed E-state index contributed by atoms with van der Waals surface area (Å²) in [5.74, 6) is 1.21. The van der Waals surface area contributed by atoms with Crippen molar-refractivity contribution in [1.29, 1.82) is 5.26 Å². The minimum Gasteiger partial charge on any atom is -0.479 e. The van der Waals surface area contributed by atoms with Crippen LogP contribution in [0.1, 0.15) is 10.4 Å². The van der Waals surface area contributed by atoms with Gasteiger partial charge in [-0.05, 0) is 48.5 Å². The molecule has 4 rings (SSSR count). The minimum atomic E-state index is -0.354. The van der Waals surface area contributed by atoms with Gasteiger partial charge in [-0.15, -0.1) is 0 Å². The van der Waals surface area contributed by atoms with Crippen molar-refractivity contribution in [2.75, 3.05) is 29.8 Å². The number of carbonyl (C=O) groups is 2. The normalized spacial score (nSPS) is 11.4. The average Bonchev–Trinajstić information content (AvgIpc) is 3.30. The number of amides is 2. The predicted octanol–water partition coefficient (Wildman–Crippen LogP) is 3.70. The van der Waals surface area contributed by atoms with Crippen LogP contribution >= 0.6 is 11.8 Å². The zero-order valence-electron chi connectivity index (χ0n) is 17.2. The molecule has 0 atom stereocenters. The quantitative estimate of drug-likeness (QED) is 0.486. The Kier molecular flexibility index (Phi) is 6.92. The van der Waals surface area contributed by atoms with E-state index in [-0.39, 0.29) is 31.0 Å². The van der Waals surface area contributed by atoms with Crippen LogP contribution in [0.3, 0.4) is 0 Å². The number of anilines is 2. The van der Waals surface area contributed by atoms with Crippen LogP contribution in [-0.4, -0.2) is 36.0 Å². The maximum Gasteiger partial charge on any atom is 0.258 e. The molecule has 10 heteroatoms. The summed E-state index contributed by atoms with van der Waals surface area (Å²) in [6.07, 6.45) is 1.57. The van der Waals surface area contributed by atoms with Gasteiger partial charge in [-0.2, -0.15) is 5.26 Å². The van der Waals surface area contributed by atoms with E-state index < -0.39 is 0 Å². The van der Waals surface area contributed by atoms with Crippen molar-refractivity contribution in [2.45, 2.75) is 5.03 Å². The second-order valence-corrected chi connectivity index (χ2v) is 7.65. The summed E-state index contributed by atoms with van der Waals surface area (Å²) < 4.78 is 15.8. The molecule has 0 aliphatic carbocycles. The highest BCUT2D eigenvalue weighted by Gasteiger charge is 2.16. The third-order valence-corrected chi connectivity index (χ3v) is 5.43. The molecule has 2 N–H and O–H groups in total. The van der Waals surface area contributed by atoms with Gasteiger partial charge in [-0.3, -0.25) is 9.59 Å². The van der Waals surface area contributed by atoms with Gasteiger partial charge in [-0.25, -0.2) is 4.98 Å². The summed E-state index contributed by atoms with van der Waals surface area (Å²) in [7, 11) is 0. The van der Waals surface area contributed by atoms with E-state index in [9.17, 15) is 9.59 Å². The van der Waals surface area contributed by atoms with Crippen molar-refractivity contribution in [3.8, 4) is 23.3 Å². The molecule has 1 aliphatic heterocycles. The van der Waals surface area contributed by atoms with Gasteiger partial charge in [-0.1, -0.05) is 11.8 Å². The van der Waals surface area contributed by atoms with E-state index in [0.717, 1.165) is 11.8 Å². The van der Waals surface area contributed by atoms with E-state index in [4.69, 9.17) is 19.5 Å². The summed E-state index contributed by atoms with van der Waals surface area (Å²) in [5.41, 5.74) is 1.50. The van der Waals surface area contributed by atoms with Crippen molar-refractivity contribution in [1.82, 2.24) is 4.98 Å². The number of rotatable bonds is 8. The second kappa shape index (κ2) is 10.4. The minimum absolute atomic E-state index is 0.0514. The van der Waals surface area contributed by atoms with E-state index in [1.807, 2.05) is 6.07 Å². The monoisotopic (exact) mass is 462 g/mol. The molecule has 0 bridgehead atoms. The molecule has 0 saturated heterocycles. The molecular weight excluding hydrogens is 444 g/mol. The Morgan fingerprint density at radius 3 is 2.67 bits per heavy atom. The predicted molar refractivity (Wildman–Crippen MR) is 122 cm³/mol. The molecule has 2 heterocycles. The fourth-order valence-electron chi connectivity index (χ4n) is 2.93. The molecule has 0 unspecified atom stereocenters. The summed E-state index contributed by atoms with van der Waals surface area (Å²) in [6, 6.07) is 17.0. The molecular formula is C23H18N4O5S. The van der Waals surface area contributed by atoms with Crippen LogP contribution in [0.2, 0.25) is 0 Å². The van der Waals surface area contributed by atoms with Crippen molar-refractivity contribution in [2.24, 2.45) is 0 Å². The molecule has 1 aromatic heterocycles. The number of fused-ring (bicyclic) bond motifs is 1. The maximum absolute atomic E-state index is 12.8. The van der Waals surface area contributed by atoms with E-state index in [1.54, 1.807) is 60.8 Å². The average molecular weight is 462 g/mol. The first-order valence-electron chi connectivity index (χ1n) is 9.81. The number of pyridine rings is 1. The largest absolute Gasteiger partial charge is 0.479 e. The lowest BCUT2D eigenvalue weighted by atomic mass is 10.2. The van der Waals surface area contributed by atoms with Crippen LogP contribution < -0.4 is 24.8 Å². The molecule has 166 valence electrons. The van der Waals surface area contributed by atoms with E-state index >= 15 is 0 Å². The highest BCUT2D eigenvalue weighted by atomic mass is 32.2. The van der Waals surface area contributed by atoms with Crippen LogP contribution in [0.15, 0.2) is 65.8 Å². The van der Waals surface area contributed by atoms with Gasteiger partial charge in [0.1, 0.15) is 16.8 Å². The van der Waals surface area contributed by atoms with Crippen LogP contribution in [-0.2, 0) is 4.79 Å². The number of nitrogens with one attached hydrogen (secondary N) is 2. The molecule has 33 heavy (non-hydrogen) atoms. The Morgan fingerprint density at radius 1 is 1.06 bits per heavy atom. The Morgan fingerprint density at radius 2 is 1.85 bits per heavy atom. The number of ether oxygens (including phenoxy) is 3. The molecule has 0 fully saturated rings. The third kappa shape index (κ3) is 5.72. The van der Waals surface area contributed by atoms with Gasteiger partial charge in [0.05, 0.1) is 11.3 Å². The third-order valence-electron chi connectivity index (χ3n) is 4.43. The second-order valence-electron chi connectivity index (χ2n) is 6.69. The number of nitrogens with zero attached hydrogens (tertiary/aromatic N) is 2. The maximum atomic E-state index is 12.8. The Balaban J connectivity index is 1.35. The van der Waals surface area contributed by atoms with Gasteiger partial charge in [0.2, 0.25) is 12.7 Å². The molecule has 2 amide bonds. The van der Waals surface area contributed by atoms with Gasteiger partial charge in [0.15, 0.2) is 18.1 Å². The summed E-state index contributed by atoms with van der Waals surface area (Å²) in [5, 5.41) is 14.6. The number of hydrogen-bond donors (Lipinski definition) is 2. The lowest BCUT2D eigenvalue weighted by molar-refractivity contribution is -0.113. The van der Waals surface area contributed by atoms with E-state index in [0.29, 0.717) is 39.2 Å². The first-order valence-corrected chi connectivity index (χ1v) is 10.8. The Bertz CT molecular complexity index is 1210. The lowest BCUT2D eigenvalue weighted by Crippen LogP contribution is -2.16. The Hall–Kier alpha value is -4.23. The highest BCUT2D eigenvalue weighted by molar-refractivity contribution is 8.00. The molecule has 0 saturated carbocycles. The van der Waals surface area contributed by atoms with Gasteiger partial charge < -0.3 is 24.8 Å². The Labute approximate surface area is 193 Å². The van der Waals surface area contributed by atoms with Gasteiger partial charge in [0.25, 0.3) is 5.91 Å². The summed E-state index contributed by atoms with van der Waals surface area (Å²) in [4.78, 5) is 29.4. The topological polar surface area (TPSA) is 123 Å². The molecule has 0 radical (unpaired) electrons. The highest BCUT2D eigenvalue weighted by Crippen LogP contribution is 2.34. The van der Waals surface area contributed by atoms with Crippen LogP contribution in [0.4, 0.5) is 11.4 Å². The van der Waals surface area contributed by atoms with Crippen molar-refractivity contribution >= 4 is 35.0 Å². The first kappa shape index (κ1) is 22.0. The molecule has 3 aromatic rings. The molecule has 2 aromatic carbocycles. The molecule has 1 aliphatic rings. The lowest BCUT2D eigenvalue weighted by Gasteiger charge is -2.10. The van der Waals surface area contributed by atoms with Crippen LogP contribution in [0.5, 0.6) is 17.2 Å². The zero-order valence-corrected chi connectivity index (χ0v) is 18.1. The standard InChI is InChI=1S/C23H18N4O5S/c24-9-11-30-17-6-3-15(4-7-17)27-22(29)18-2-1-10-25-23(18)33-13-21(28)26-16-5-8-19-20(12-16)32-14-31-19/h1-8,10,12H,11,13-14H2,(H,26,28)(H,27,29). The first-order chi connectivity index (χ1) is 16.1. The molecule has 0 spiro atoms. The van der Waals surface area contributed by atoms with Crippen molar-refractivity contribution in [3.63, 3.8) is 0 Å². The number of hydrogen-bond acceptors (Lipinski definition) is 8. The number of thioether (sulfide) groups is 1. The smallest absolute Gasteiger partial charge is 0.258 e. The number of carbonyl (C=O) groups excluding carboxylic acids is 2. The van der Waals surface area contributed by atoms with Gasteiger partial charge in [0, 0.05) is 23.6 Å². The number of benzene rings is 2. The zero-order chi connectivity index (χ0) is 23.0. The molecule has 9 nitrogen and oxygen atoms in total. The fraction of sp³-hybridized carbons (Fsp3) is 0.130. The van der Waals surface area contributed by atoms with Crippen molar-refractivity contribution in [3.05, 3.63) is 66.4 Å². The number of aromatic nitrogens is 1.